The number of ether oxygens (including phenoxy) is 1. The Morgan fingerprint density at radius 1 is 1.21 bits per heavy atom. The Morgan fingerprint density at radius 2 is 2.00 bits per heavy atom. The largest absolute Gasteiger partial charge is 0.468 e. The number of pyridine rings is 1. The zero-order valence-electron chi connectivity index (χ0n) is 10.2. The number of nitrogens with zero attached hydrogens (tertiary/aromatic N) is 1. The van der Waals surface area contributed by atoms with E-state index in [0.29, 0.717) is 11.3 Å². The van der Waals surface area contributed by atoms with Crippen LogP contribution < -0.4 is 5.32 Å². The van der Waals surface area contributed by atoms with E-state index in [1.807, 2.05) is 18.2 Å². The molecule has 0 spiro atoms. The van der Waals surface area contributed by atoms with Crippen molar-refractivity contribution in [3.63, 3.8) is 0 Å². The first-order valence-electron chi connectivity index (χ1n) is 5.72. The van der Waals surface area contributed by atoms with E-state index >= 15 is 0 Å². The minimum Gasteiger partial charge on any atom is -0.468 e. The molecule has 0 bridgehead atoms. The third-order valence-electron chi connectivity index (χ3n) is 2.33. The van der Waals surface area contributed by atoms with E-state index in [4.69, 9.17) is 10.1 Å². The van der Waals surface area contributed by atoms with Crippen molar-refractivity contribution in [2.24, 2.45) is 0 Å². The van der Waals surface area contributed by atoms with Gasteiger partial charge in [0.15, 0.2) is 6.61 Å². The third kappa shape index (κ3) is 3.92. The van der Waals surface area contributed by atoms with Gasteiger partial charge in [-0.15, -0.1) is 0 Å². The van der Waals surface area contributed by atoms with E-state index < -0.39 is 0 Å². The fraction of sp³-hybridized carbons (Fsp3) is 0.0714. The molecule has 1 heterocycles. The van der Waals surface area contributed by atoms with Crippen molar-refractivity contribution < 1.29 is 9.53 Å². The first kappa shape index (κ1) is 12.8. The topological polar surface area (TPSA) is 75.1 Å². The zero-order chi connectivity index (χ0) is 13.5. The molecular formula is C14H13N3O2. The van der Waals surface area contributed by atoms with E-state index in [1.165, 1.54) is 0 Å². The van der Waals surface area contributed by atoms with Crippen LogP contribution in [-0.2, 0) is 9.53 Å². The maximum absolute atomic E-state index is 11.6. The summed E-state index contributed by atoms with van der Waals surface area (Å²) in [6.07, 6.45) is 3.16. The monoisotopic (exact) mass is 255 g/mol. The van der Waals surface area contributed by atoms with E-state index in [2.05, 4.69) is 10.3 Å². The van der Waals surface area contributed by atoms with Crippen LogP contribution in [-0.4, -0.2) is 23.4 Å². The van der Waals surface area contributed by atoms with Crippen LogP contribution in [0.25, 0.3) is 0 Å². The standard InChI is InChI=1S/C14H13N3O2/c15-14(11-5-2-1-3-6-11)19-10-13(18)17-12-7-4-8-16-9-12/h1-9,15H,10H2,(H,17,18). The number of benzene rings is 1. The molecule has 5 heteroatoms. The molecule has 0 saturated carbocycles. The minimum atomic E-state index is -0.325. The molecule has 0 aliphatic rings. The Morgan fingerprint density at radius 3 is 2.68 bits per heavy atom. The Kier molecular flexibility index (Phi) is 4.23. The van der Waals surface area contributed by atoms with Crippen LogP contribution in [0.3, 0.4) is 0 Å². The molecule has 0 saturated heterocycles. The highest BCUT2D eigenvalue weighted by Gasteiger charge is 2.06. The smallest absolute Gasteiger partial charge is 0.262 e. The number of hydrogen-bond donors (Lipinski definition) is 2. The quantitative estimate of drug-likeness (QED) is 0.648. The predicted octanol–water partition coefficient (Wildman–Crippen LogP) is 2.06. The number of nitrogens with one attached hydrogen (secondary N) is 2. The summed E-state index contributed by atoms with van der Waals surface area (Å²) >= 11 is 0. The highest BCUT2D eigenvalue weighted by molar-refractivity contribution is 5.96. The van der Waals surface area contributed by atoms with Gasteiger partial charge < -0.3 is 10.1 Å². The Hall–Kier alpha value is -2.69. The van der Waals surface area contributed by atoms with E-state index in [9.17, 15) is 4.79 Å². The molecule has 5 nitrogen and oxygen atoms in total. The highest BCUT2D eigenvalue weighted by atomic mass is 16.5. The number of carbonyl (C=O) groups is 1. The molecule has 2 N–H and O–H groups in total. The number of carbonyl (C=O) groups excluding carboxylic acids is 1. The lowest BCUT2D eigenvalue weighted by molar-refractivity contribution is -0.118. The third-order valence-corrected chi connectivity index (χ3v) is 2.33. The summed E-state index contributed by atoms with van der Waals surface area (Å²) in [5.74, 6) is -0.351. The summed E-state index contributed by atoms with van der Waals surface area (Å²) in [6.45, 7) is -0.206. The first-order chi connectivity index (χ1) is 9.25. The number of aromatic nitrogens is 1. The number of hydrogen-bond acceptors (Lipinski definition) is 4. The van der Waals surface area contributed by atoms with Crippen LogP contribution in [0.5, 0.6) is 0 Å². The molecule has 0 atom stereocenters. The molecule has 1 aromatic carbocycles. The number of anilines is 1. The van der Waals surface area contributed by atoms with Crippen molar-refractivity contribution >= 4 is 17.5 Å². The second-order valence-electron chi connectivity index (χ2n) is 3.77. The van der Waals surface area contributed by atoms with E-state index in [0.717, 1.165) is 0 Å². The van der Waals surface area contributed by atoms with Gasteiger partial charge in [-0.05, 0) is 24.3 Å². The van der Waals surface area contributed by atoms with Crippen molar-refractivity contribution in [2.75, 3.05) is 11.9 Å². The molecule has 19 heavy (non-hydrogen) atoms. The highest BCUT2D eigenvalue weighted by Crippen LogP contribution is 2.03. The van der Waals surface area contributed by atoms with Crippen LogP contribution in [0, 0.1) is 5.41 Å². The van der Waals surface area contributed by atoms with Gasteiger partial charge in [-0.2, -0.15) is 0 Å². The summed E-state index contributed by atoms with van der Waals surface area (Å²) in [5.41, 5.74) is 1.24. The van der Waals surface area contributed by atoms with Gasteiger partial charge in [-0.3, -0.25) is 15.2 Å². The van der Waals surface area contributed by atoms with Crippen molar-refractivity contribution in [1.82, 2.24) is 4.98 Å². The van der Waals surface area contributed by atoms with Gasteiger partial charge in [0, 0.05) is 11.8 Å². The van der Waals surface area contributed by atoms with E-state index in [-0.39, 0.29) is 18.4 Å². The molecular weight excluding hydrogens is 242 g/mol. The molecule has 0 aliphatic carbocycles. The minimum absolute atomic E-state index is 0.0260. The molecule has 0 fully saturated rings. The average molecular weight is 255 g/mol. The van der Waals surface area contributed by atoms with Gasteiger partial charge in [0.25, 0.3) is 5.91 Å². The van der Waals surface area contributed by atoms with Crippen molar-refractivity contribution in [3.8, 4) is 0 Å². The number of amides is 1. The normalized spacial score (nSPS) is 9.68. The second-order valence-corrected chi connectivity index (χ2v) is 3.77. The first-order valence-corrected chi connectivity index (χ1v) is 5.72. The molecule has 0 unspecified atom stereocenters. The summed E-state index contributed by atoms with van der Waals surface area (Å²) in [5, 5.41) is 10.3. The van der Waals surface area contributed by atoms with Gasteiger partial charge in [0.2, 0.25) is 5.90 Å². The van der Waals surface area contributed by atoms with Gasteiger partial charge in [0.05, 0.1) is 11.9 Å². The van der Waals surface area contributed by atoms with Crippen LogP contribution in [0.2, 0.25) is 0 Å². The van der Waals surface area contributed by atoms with Gasteiger partial charge in [0.1, 0.15) is 0 Å². The molecule has 2 rings (SSSR count). The fourth-order valence-corrected chi connectivity index (χ4v) is 1.44. The maximum atomic E-state index is 11.6. The molecule has 0 aliphatic heterocycles. The van der Waals surface area contributed by atoms with Gasteiger partial charge in [-0.1, -0.05) is 18.2 Å². The van der Waals surface area contributed by atoms with Crippen LogP contribution in [0.1, 0.15) is 5.56 Å². The Balaban J connectivity index is 1.83. The van der Waals surface area contributed by atoms with Crippen LogP contribution in [0.15, 0.2) is 54.9 Å². The lowest BCUT2D eigenvalue weighted by Crippen LogP contribution is -2.20. The summed E-state index contributed by atoms with van der Waals surface area (Å²) in [4.78, 5) is 15.5. The lowest BCUT2D eigenvalue weighted by Gasteiger charge is -2.08. The Bertz CT molecular complexity index is 555. The SMILES string of the molecule is N=C(OCC(=O)Nc1cccnc1)c1ccccc1. The molecule has 2 aromatic rings. The zero-order valence-corrected chi connectivity index (χ0v) is 10.2. The molecule has 96 valence electrons. The van der Waals surface area contributed by atoms with Crippen molar-refractivity contribution in [1.29, 1.82) is 5.41 Å². The summed E-state index contributed by atoms with van der Waals surface area (Å²) in [6, 6.07) is 12.4. The number of rotatable bonds is 4. The molecule has 1 aromatic heterocycles. The average Bonchev–Trinajstić information content (AvgIpc) is 2.47. The van der Waals surface area contributed by atoms with E-state index in [1.54, 1.807) is 36.7 Å². The summed E-state index contributed by atoms with van der Waals surface area (Å²) in [7, 11) is 0. The van der Waals surface area contributed by atoms with Gasteiger partial charge in [-0.25, -0.2) is 0 Å². The van der Waals surface area contributed by atoms with Crippen LogP contribution >= 0.6 is 0 Å². The fourth-order valence-electron chi connectivity index (χ4n) is 1.44. The lowest BCUT2D eigenvalue weighted by atomic mass is 10.2. The molecule has 1 amide bonds. The van der Waals surface area contributed by atoms with Gasteiger partial charge >= 0.3 is 0 Å². The second kappa shape index (κ2) is 6.30. The Labute approximate surface area is 110 Å². The van der Waals surface area contributed by atoms with Crippen LogP contribution in [0.4, 0.5) is 5.69 Å². The predicted molar refractivity (Wildman–Crippen MR) is 72.1 cm³/mol. The summed E-state index contributed by atoms with van der Waals surface area (Å²) < 4.78 is 5.11. The van der Waals surface area contributed by atoms with Crippen molar-refractivity contribution in [2.45, 2.75) is 0 Å². The molecule has 0 radical (unpaired) electrons. The maximum Gasteiger partial charge on any atom is 0.262 e. The van der Waals surface area contributed by atoms with Crippen molar-refractivity contribution in [3.05, 3.63) is 60.4 Å².